The van der Waals surface area contributed by atoms with Crippen LogP contribution in [0.2, 0.25) is 10.0 Å². The second kappa shape index (κ2) is 11.8. The second-order valence-corrected chi connectivity index (χ2v) is 9.29. The normalized spacial score (nSPS) is 19.4. The van der Waals surface area contributed by atoms with Crippen LogP contribution in [-0.2, 0) is 4.79 Å². The molecule has 4 rings (SSSR count). The minimum absolute atomic E-state index is 0.0173. The molecule has 2 aromatic rings. The maximum absolute atomic E-state index is 13.9. The Kier molecular flexibility index (Phi) is 8.48. The maximum atomic E-state index is 13.9. The molecule has 1 unspecified atom stereocenters. The van der Waals surface area contributed by atoms with E-state index >= 15 is 0 Å². The van der Waals surface area contributed by atoms with Crippen molar-refractivity contribution in [3.8, 4) is 11.9 Å². The van der Waals surface area contributed by atoms with Crippen LogP contribution in [0.4, 0.5) is 10.1 Å². The lowest BCUT2D eigenvalue weighted by Gasteiger charge is -2.31. The summed E-state index contributed by atoms with van der Waals surface area (Å²) in [7, 11) is 1.36. The molecular weight excluding hydrogens is 520 g/mol. The summed E-state index contributed by atoms with van der Waals surface area (Å²) in [5, 5.41) is 22.2. The number of methoxy groups -OCH3 is 1. The van der Waals surface area contributed by atoms with Crippen LogP contribution in [0.3, 0.4) is 0 Å². The quantitative estimate of drug-likeness (QED) is 0.247. The Morgan fingerprint density at radius 3 is 2.81 bits per heavy atom. The molecule has 2 aromatic carbocycles. The van der Waals surface area contributed by atoms with E-state index in [4.69, 9.17) is 33.0 Å². The van der Waals surface area contributed by atoms with E-state index < -0.39 is 11.9 Å². The van der Waals surface area contributed by atoms with Gasteiger partial charge in [0.2, 0.25) is 11.9 Å². The molecule has 37 heavy (non-hydrogen) atoms. The third kappa shape index (κ3) is 5.80. The molecule has 1 amide bonds. The summed E-state index contributed by atoms with van der Waals surface area (Å²) in [4.78, 5) is 19.7. The minimum Gasteiger partial charge on any atom is -0.494 e. The van der Waals surface area contributed by atoms with E-state index in [1.807, 2.05) is 13.1 Å². The highest BCUT2D eigenvalue weighted by atomic mass is 35.5. The molecule has 0 saturated carbocycles. The molecule has 0 spiro atoms. The lowest BCUT2D eigenvalue weighted by molar-refractivity contribution is -0.133. The summed E-state index contributed by atoms with van der Waals surface area (Å²) in [6, 6.07) is 8.54. The van der Waals surface area contributed by atoms with E-state index in [1.165, 1.54) is 30.3 Å². The molecule has 2 aliphatic heterocycles. The Morgan fingerprint density at radius 1 is 1.35 bits per heavy atom. The lowest BCUT2D eigenvalue weighted by atomic mass is 10.0. The number of carbonyl (C=O) groups is 1. The van der Waals surface area contributed by atoms with Gasteiger partial charge in [-0.05, 0) is 50.6 Å². The number of rotatable bonds is 6. The van der Waals surface area contributed by atoms with Crippen molar-refractivity contribution in [2.45, 2.75) is 31.8 Å². The van der Waals surface area contributed by atoms with Crippen LogP contribution in [0.25, 0.3) is 0 Å². The van der Waals surface area contributed by atoms with Crippen molar-refractivity contribution in [2.24, 2.45) is 10.1 Å². The Bertz CT molecular complexity index is 1270. The van der Waals surface area contributed by atoms with Crippen molar-refractivity contribution >= 4 is 46.5 Å². The average Bonchev–Trinajstić information content (AvgIpc) is 3.58. The van der Waals surface area contributed by atoms with Crippen molar-refractivity contribution in [2.75, 3.05) is 26.7 Å². The molecule has 9 nitrogen and oxygen atoms in total. The van der Waals surface area contributed by atoms with Gasteiger partial charge in [-0.1, -0.05) is 29.3 Å². The van der Waals surface area contributed by atoms with Crippen LogP contribution in [0, 0.1) is 17.3 Å². The van der Waals surface area contributed by atoms with E-state index in [9.17, 15) is 14.4 Å². The molecule has 2 heterocycles. The number of nitrogens with zero attached hydrogens (tertiary/aromatic N) is 5. The highest BCUT2D eigenvalue weighted by molar-refractivity contribution is 6.42. The van der Waals surface area contributed by atoms with Crippen molar-refractivity contribution in [1.82, 2.24) is 20.5 Å². The van der Waals surface area contributed by atoms with E-state index in [0.717, 1.165) is 19.4 Å². The summed E-state index contributed by atoms with van der Waals surface area (Å²) in [5.74, 6) is -0.424. The van der Waals surface area contributed by atoms with Crippen LogP contribution in [-0.4, -0.2) is 66.3 Å². The lowest BCUT2D eigenvalue weighted by Crippen LogP contribution is -2.53. The van der Waals surface area contributed by atoms with Gasteiger partial charge < -0.3 is 15.0 Å². The molecule has 0 radical (unpaired) electrons. The predicted molar refractivity (Wildman–Crippen MR) is 141 cm³/mol. The van der Waals surface area contributed by atoms with Gasteiger partial charge in [-0.2, -0.15) is 10.4 Å². The number of hydrogen-bond donors (Lipinski definition) is 2. The van der Waals surface area contributed by atoms with Gasteiger partial charge in [0.1, 0.15) is 0 Å². The predicted octanol–water partition coefficient (Wildman–Crippen LogP) is 3.89. The summed E-state index contributed by atoms with van der Waals surface area (Å²) in [5.41, 5.74) is 1.62. The van der Waals surface area contributed by atoms with Crippen molar-refractivity contribution in [3.63, 3.8) is 0 Å². The zero-order chi connectivity index (χ0) is 26.5. The molecular formula is C25H26Cl2FN7O2. The molecule has 0 aliphatic carbocycles. The standard InChI is InChI=1S/C25H26Cl2FN7O2/c1-3-34(24(36)20-5-4-10-30-20)21-13-35(33-23(21)15-6-8-17(26)18(27)11-15)25(31-14-29)32-16-7-9-19(28)22(12-16)37-2/h6-9,11-12,20-21,30H,3-5,10,13H2,1-2H3,(H,31,32)/t20-,21?/m1/s1. The number of nitrogens with one attached hydrogen (secondary N) is 2. The van der Waals surface area contributed by atoms with Crippen LogP contribution >= 0.6 is 23.2 Å². The number of guanidine groups is 1. The summed E-state index contributed by atoms with van der Waals surface area (Å²) in [6.45, 7) is 3.38. The molecule has 2 aliphatic rings. The van der Waals surface area contributed by atoms with Crippen LogP contribution < -0.4 is 15.4 Å². The van der Waals surface area contributed by atoms with Crippen molar-refractivity contribution < 1.29 is 13.9 Å². The van der Waals surface area contributed by atoms with Gasteiger partial charge in [0, 0.05) is 18.2 Å². The van der Waals surface area contributed by atoms with Crippen molar-refractivity contribution in [3.05, 3.63) is 57.8 Å². The van der Waals surface area contributed by atoms with Gasteiger partial charge >= 0.3 is 0 Å². The van der Waals surface area contributed by atoms with Gasteiger partial charge in [0.25, 0.3) is 0 Å². The Hall–Kier alpha value is -3.39. The monoisotopic (exact) mass is 545 g/mol. The molecule has 2 atom stereocenters. The first-order chi connectivity index (χ1) is 17.9. The number of nitriles is 1. The van der Waals surface area contributed by atoms with Crippen LogP contribution in [0.15, 0.2) is 46.5 Å². The molecule has 194 valence electrons. The number of amides is 1. The third-order valence-corrected chi connectivity index (χ3v) is 6.98. The van der Waals surface area contributed by atoms with E-state index in [2.05, 4.69) is 15.6 Å². The second-order valence-electron chi connectivity index (χ2n) is 8.48. The average molecular weight is 546 g/mol. The molecule has 2 N–H and O–H groups in total. The first kappa shape index (κ1) is 26.7. The largest absolute Gasteiger partial charge is 0.494 e. The van der Waals surface area contributed by atoms with Gasteiger partial charge in [-0.15, -0.1) is 0 Å². The summed E-state index contributed by atoms with van der Waals surface area (Å²) >= 11 is 12.4. The zero-order valence-electron chi connectivity index (χ0n) is 20.3. The molecule has 1 saturated heterocycles. The highest BCUT2D eigenvalue weighted by Crippen LogP contribution is 2.28. The fourth-order valence-corrected chi connectivity index (χ4v) is 4.74. The smallest absolute Gasteiger partial charge is 0.240 e. The summed E-state index contributed by atoms with van der Waals surface area (Å²) in [6.07, 6.45) is 3.57. The van der Waals surface area contributed by atoms with E-state index in [0.29, 0.717) is 33.6 Å². The number of ether oxygens (including phenoxy) is 1. The Balaban J connectivity index is 1.75. The van der Waals surface area contributed by atoms with E-state index in [-0.39, 0.29) is 30.2 Å². The fraction of sp³-hybridized carbons (Fsp3) is 0.360. The van der Waals surface area contributed by atoms with Crippen LogP contribution in [0.1, 0.15) is 25.3 Å². The van der Waals surface area contributed by atoms with E-state index in [1.54, 1.807) is 23.1 Å². The first-order valence-electron chi connectivity index (χ1n) is 11.8. The third-order valence-electron chi connectivity index (χ3n) is 6.25. The van der Waals surface area contributed by atoms with Crippen molar-refractivity contribution in [1.29, 1.82) is 5.26 Å². The zero-order valence-corrected chi connectivity index (χ0v) is 21.9. The SMILES string of the molecule is CCN(C(=O)[C@H]1CCCN1)C1CN(C(=Nc2ccc(F)c(OC)c2)NC#N)N=C1c1ccc(Cl)c(Cl)c1. The number of hydrogen-bond acceptors (Lipinski definition) is 6. The number of hydrazone groups is 1. The van der Waals surface area contributed by atoms with Crippen LogP contribution in [0.5, 0.6) is 5.75 Å². The number of benzene rings is 2. The summed E-state index contributed by atoms with van der Waals surface area (Å²) < 4.78 is 18.9. The Morgan fingerprint density at radius 2 is 2.16 bits per heavy atom. The number of halogens is 3. The highest BCUT2D eigenvalue weighted by Gasteiger charge is 2.39. The first-order valence-corrected chi connectivity index (χ1v) is 12.5. The Labute approximate surface area is 224 Å². The molecule has 0 bridgehead atoms. The maximum Gasteiger partial charge on any atom is 0.240 e. The van der Waals surface area contributed by atoms with Gasteiger partial charge in [0.15, 0.2) is 17.8 Å². The van der Waals surface area contributed by atoms with Gasteiger partial charge in [-0.25, -0.2) is 14.4 Å². The number of carbonyl (C=O) groups excluding carboxylic acids is 1. The molecule has 0 aromatic heterocycles. The van der Waals surface area contributed by atoms with Gasteiger partial charge in [-0.3, -0.25) is 10.1 Å². The minimum atomic E-state index is -0.532. The number of aliphatic imine (C=N–C) groups is 1. The molecule has 12 heteroatoms. The van der Waals surface area contributed by atoms with Gasteiger partial charge in [0.05, 0.1) is 47.2 Å². The fourth-order valence-electron chi connectivity index (χ4n) is 4.44. The number of likely N-dealkylation sites (N-methyl/N-ethyl adjacent to an activating group) is 1. The molecule has 1 fully saturated rings. The topological polar surface area (TPSA) is 105 Å².